The van der Waals surface area contributed by atoms with Crippen molar-refractivity contribution in [1.82, 2.24) is 9.55 Å². The molecule has 2 aromatic heterocycles. The molecule has 33 heavy (non-hydrogen) atoms. The van der Waals surface area contributed by atoms with Gasteiger partial charge < -0.3 is 20.3 Å². The Hall–Kier alpha value is -3.26. The number of hydrogen-bond donors (Lipinski definition) is 2. The van der Waals surface area contributed by atoms with E-state index in [9.17, 15) is 14.7 Å². The minimum absolute atomic E-state index is 0.00707. The maximum absolute atomic E-state index is 15.2. The van der Waals surface area contributed by atoms with Crippen LogP contribution in [0.5, 0.6) is 0 Å². The number of anilines is 1. The van der Waals surface area contributed by atoms with E-state index in [2.05, 4.69) is 43.1 Å². The number of rotatable bonds is 5. The highest BCUT2D eigenvalue weighted by atomic mass is 19.1. The van der Waals surface area contributed by atoms with E-state index >= 15 is 4.39 Å². The summed E-state index contributed by atoms with van der Waals surface area (Å²) in [5.41, 5.74) is 8.06. The minimum Gasteiger partial charge on any atom is -0.477 e. The third kappa shape index (κ3) is 3.78. The van der Waals surface area contributed by atoms with Gasteiger partial charge in [-0.1, -0.05) is 38.1 Å². The number of nitrogens with two attached hydrogens (primary N) is 1. The summed E-state index contributed by atoms with van der Waals surface area (Å²) in [6.45, 7) is 5.24. The summed E-state index contributed by atoms with van der Waals surface area (Å²) < 4.78 is 16.9. The Morgan fingerprint density at radius 3 is 2.52 bits per heavy atom. The smallest absolute Gasteiger partial charge is 0.341 e. The average Bonchev–Trinajstić information content (AvgIpc) is 3.55. The molecule has 2 unspecified atom stereocenters. The summed E-state index contributed by atoms with van der Waals surface area (Å²) in [6.07, 6.45) is 3.08. The van der Waals surface area contributed by atoms with Crippen LogP contribution in [0.3, 0.4) is 0 Å². The maximum Gasteiger partial charge on any atom is 0.341 e. The second kappa shape index (κ2) is 7.95. The summed E-state index contributed by atoms with van der Waals surface area (Å²) in [5.74, 6) is -1.35. The molecule has 5 rings (SSSR count). The van der Waals surface area contributed by atoms with Crippen LogP contribution < -0.4 is 16.1 Å². The van der Waals surface area contributed by atoms with Gasteiger partial charge in [-0.05, 0) is 36.0 Å². The first-order chi connectivity index (χ1) is 15.7. The van der Waals surface area contributed by atoms with Crippen molar-refractivity contribution in [2.45, 2.75) is 50.6 Å². The van der Waals surface area contributed by atoms with Gasteiger partial charge in [0.15, 0.2) is 11.6 Å². The molecule has 0 spiro atoms. The zero-order valence-electron chi connectivity index (χ0n) is 18.7. The van der Waals surface area contributed by atoms with Gasteiger partial charge in [0.1, 0.15) is 11.2 Å². The highest BCUT2D eigenvalue weighted by Crippen LogP contribution is 2.38. The number of nitrogens with zero attached hydrogens (tertiary/aromatic N) is 3. The second-order valence-corrected chi connectivity index (χ2v) is 9.48. The number of hydrogen-bond acceptors (Lipinski definition) is 5. The van der Waals surface area contributed by atoms with Gasteiger partial charge >= 0.3 is 5.97 Å². The zero-order chi connectivity index (χ0) is 23.4. The third-order valence-corrected chi connectivity index (χ3v) is 6.81. The van der Waals surface area contributed by atoms with Crippen LogP contribution in [0.15, 0.2) is 41.3 Å². The summed E-state index contributed by atoms with van der Waals surface area (Å²) >= 11 is 0. The number of carbonyl (C=O) groups is 1. The van der Waals surface area contributed by atoms with Gasteiger partial charge in [-0.15, -0.1) is 0 Å². The molecule has 1 saturated carbocycles. The number of carboxylic acid groups (broad SMARTS) is 1. The molecule has 2 fully saturated rings. The third-order valence-electron chi connectivity index (χ3n) is 6.81. The van der Waals surface area contributed by atoms with Crippen LogP contribution >= 0.6 is 0 Å². The largest absolute Gasteiger partial charge is 0.477 e. The normalized spacial score (nSPS) is 20.7. The standard InChI is InChI=1S/C25H27FN4O3/c1-13(2)14-3-5-15(6-4-14)18-10-29(12-21(18)27)24-20(26)9-17-22(31)19(25(32)33)11-30(16-7-8-16)23(17)28-24/h3-6,9,11,13,16,18,21H,7-8,10,12,27H2,1-2H3,(H,32,33). The van der Waals surface area contributed by atoms with E-state index < -0.39 is 17.2 Å². The fourth-order valence-corrected chi connectivity index (χ4v) is 4.73. The Morgan fingerprint density at radius 2 is 1.91 bits per heavy atom. The monoisotopic (exact) mass is 450 g/mol. The van der Waals surface area contributed by atoms with Gasteiger partial charge in [-0.3, -0.25) is 4.79 Å². The molecule has 1 aliphatic carbocycles. The summed E-state index contributed by atoms with van der Waals surface area (Å²) in [7, 11) is 0. The molecule has 3 heterocycles. The highest BCUT2D eigenvalue weighted by Gasteiger charge is 2.34. The van der Waals surface area contributed by atoms with Gasteiger partial charge in [0, 0.05) is 37.3 Å². The first-order valence-corrected chi connectivity index (χ1v) is 11.3. The molecule has 0 bridgehead atoms. The molecule has 3 N–H and O–H groups in total. The number of benzene rings is 1. The van der Waals surface area contributed by atoms with Gasteiger partial charge in [0.2, 0.25) is 5.43 Å². The average molecular weight is 451 g/mol. The molecule has 1 aromatic carbocycles. The molecular formula is C25H27FN4O3. The highest BCUT2D eigenvalue weighted by molar-refractivity contribution is 5.92. The molecule has 3 aromatic rings. The zero-order valence-corrected chi connectivity index (χ0v) is 18.7. The number of pyridine rings is 2. The molecule has 1 saturated heterocycles. The van der Waals surface area contributed by atoms with Crippen molar-refractivity contribution in [2.24, 2.45) is 5.73 Å². The number of fused-ring (bicyclic) bond motifs is 1. The van der Waals surface area contributed by atoms with Gasteiger partial charge in [-0.25, -0.2) is 14.2 Å². The molecule has 2 aliphatic rings. The molecule has 0 amide bonds. The number of halogens is 1. The predicted octanol–water partition coefficient (Wildman–Crippen LogP) is 3.62. The first kappa shape index (κ1) is 21.6. The molecule has 0 radical (unpaired) electrons. The van der Waals surface area contributed by atoms with Crippen LogP contribution in [-0.4, -0.2) is 39.8 Å². The van der Waals surface area contributed by atoms with Crippen molar-refractivity contribution in [3.63, 3.8) is 0 Å². The molecular weight excluding hydrogens is 423 g/mol. The van der Waals surface area contributed by atoms with Crippen molar-refractivity contribution >= 4 is 22.8 Å². The van der Waals surface area contributed by atoms with Crippen LogP contribution in [0.4, 0.5) is 10.2 Å². The number of aromatic carboxylic acids is 1. The maximum atomic E-state index is 15.2. The van der Waals surface area contributed by atoms with Crippen molar-refractivity contribution in [2.75, 3.05) is 18.0 Å². The fourth-order valence-electron chi connectivity index (χ4n) is 4.73. The van der Waals surface area contributed by atoms with Crippen LogP contribution in [0.25, 0.3) is 11.0 Å². The summed E-state index contributed by atoms with van der Waals surface area (Å²) in [6, 6.07) is 9.41. The lowest BCUT2D eigenvalue weighted by Gasteiger charge is -2.20. The second-order valence-electron chi connectivity index (χ2n) is 9.48. The lowest BCUT2D eigenvalue weighted by molar-refractivity contribution is 0.0695. The number of aromatic nitrogens is 2. The Morgan fingerprint density at radius 1 is 1.21 bits per heavy atom. The molecule has 7 nitrogen and oxygen atoms in total. The van der Waals surface area contributed by atoms with Gasteiger partial charge in [0.05, 0.1) is 5.39 Å². The number of carboxylic acids is 1. The quantitative estimate of drug-likeness (QED) is 0.616. The van der Waals surface area contributed by atoms with Crippen molar-refractivity contribution in [3.05, 3.63) is 69.3 Å². The van der Waals surface area contributed by atoms with Crippen molar-refractivity contribution in [1.29, 1.82) is 0 Å². The fraction of sp³-hybridized carbons (Fsp3) is 0.400. The lowest BCUT2D eigenvalue weighted by atomic mass is 9.92. The van der Waals surface area contributed by atoms with E-state index in [4.69, 9.17) is 5.73 Å². The van der Waals surface area contributed by atoms with Crippen LogP contribution in [0.1, 0.15) is 66.1 Å². The van der Waals surface area contributed by atoms with Crippen LogP contribution in [-0.2, 0) is 0 Å². The van der Waals surface area contributed by atoms with Gasteiger partial charge in [-0.2, -0.15) is 0 Å². The minimum atomic E-state index is -1.32. The van der Waals surface area contributed by atoms with E-state index in [1.54, 1.807) is 4.57 Å². The molecule has 172 valence electrons. The van der Waals surface area contributed by atoms with E-state index in [1.165, 1.54) is 11.8 Å². The lowest BCUT2D eigenvalue weighted by Crippen LogP contribution is -2.29. The van der Waals surface area contributed by atoms with E-state index in [0.29, 0.717) is 24.7 Å². The predicted molar refractivity (Wildman–Crippen MR) is 125 cm³/mol. The van der Waals surface area contributed by atoms with E-state index in [1.807, 2.05) is 4.90 Å². The summed E-state index contributed by atoms with van der Waals surface area (Å²) in [4.78, 5) is 30.6. The van der Waals surface area contributed by atoms with Crippen molar-refractivity contribution < 1.29 is 14.3 Å². The van der Waals surface area contributed by atoms with Crippen LogP contribution in [0, 0.1) is 5.82 Å². The molecule has 1 aliphatic heterocycles. The van der Waals surface area contributed by atoms with E-state index in [-0.39, 0.29) is 34.8 Å². The van der Waals surface area contributed by atoms with Crippen LogP contribution in [0.2, 0.25) is 0 Å². The Balaban J connectivity index is 1.53. The van der Waals surface area contributed by atoms with E-state index in [0.717, 1.165) is 24.5 Å². The Labute approximate surface area is 190 Å². The Kier molecular flexibility index (Phi) is 5.20. The summed E-state index contributed by atoms with van der Waals surface area (Å²) in [5, 5.41) is 9.41. The van der Waals surface area contributed by atoms with Crippen molar-refractivity contribution in [3.8, 4) is 0 Å². The molecule has 2 atom stereocenters. The Bertz CT molecular complexity index is 1300. The first-order valence-electron chi connectivity index (χ1n) is 11.3. The topological polar surface area (TPSA) is 101 Å². The SMILES string of the molecule is CC(C)c1ccc(C2CN(c3nc4c(cc3F)c(=O)c(C(=O)O)cn4C3CC3)CC2N)cc1. The van der Waals surface area contributed by atoms with Gasteiger partial charge in [0.25, 0.3) is 0 Å². The molecule has 8 heteroatoms.